The van der Waals surface area contributed by atoms with E-state index in [2.05, 4.69) is 22.6 Å². The molecule has 0 bridgehead atoms. The van der Waals surface area contributed by atoms with Crippen LogP contribution in [0.4, 0.5) is 0 Å². The molecular formula is C11H20N4. The largest absolute Gasteiger partial charge is 0.311 e. The van der Waals surface area contributed by atoms with Gasteiger partial charge in [-0.1, -0.05) is 18.1 Å². The van der Waals surface area contributed by atoms with Gasteiger partial charge in [-0.25, -0.2) is 0 Å². The Bertz CT molecular complexity index is 310. The van der Waals surface area contributed by atoms with Crippen LogP contribution in [0.2, 0.25) is 0 Å². The molecule has 1 aromatic heterocycles. The third-order valence-electron chi connectivity index (χ3n) is 3.18. The van der Waals surface area contributed by atoms with E-state index in [-0.39, 0.29) is 5.54 Å². The van der Waals surface area contributed by atoms with E-state index < -0.39 is 0 Å². The molecule has 1 aliphatic heterocycles. The summed E-state index contributed by atoms with van der Waals surface area (Å²) in [5.74, 6) is 0. The highest BCUT2D eigenvalue weighted by Crippen LogP contribution is 2.21. The second kappa shape index (κ2) is 4.31. The summed E-state index contributed by atoms with van der Waals surface area (Å²) in [4.78, 5) is 0. The van der Waals surface area contributed by atoms with Crippen LogP contribution < -0.4 is 5.32 Å². The Morgan fingerprint density at radius 2 is 2.33 bits per heavy atom. The molecule has 1 aliphatic rings. The second-order valence-corrected chi connectivity index (χ2v) is 4.86. The Labute approximate surface area is 91.1 Å². The Morgan fingerprint density at radius 3 is 3.07 bits per heavy atom. The first-order valence-electron chi connectivity index (χ1n) is 5.78. The first-order chi connectivity index (χ1) is 7.18. The number of hydrogen-bond donors (Lipinski definition) is 1. The highest BCUT2D eigenvalue weighted by Gasteiger charge is 2.26. The van der Waals surface area contributed by atoms with E-state index in [0.717, 1.165) is 18.7 Å². The predicted molar refractivity (Wildman–Crippen MR) is 59.6 cm³/mol. The maximum atomic E-state index is 4.16. The number of hydrogen-bond acceptors (Lipinski definition) is 3. The van der Waals surface area contributed by atoms with Gasteiger partial charge in [0.05, 0.1) is 5.69 Å². The number of aryl methyl sites for hydroxylation is 1. The van der Waals surface area contributed by atoms with Crippen molar-refractivity contribution in [3.63, 3.8) is 0 Å². The van der Waals surface area contributed by atoms with E-state index in [1.165, 1.54) is 25.7 Å². The van der Waals surface area contributed by atoms with E-state index >= 15 is 0 Å². The molecule has 1 fully saturated rings. The highest BCUT2D eigenvalue weighted by molar-refractivity contribution is 5.01. The van der Waals surface area contributed by atoms with Crippen molar-refractivity contribution >= 4 is 0 Å². The van der Waals surface area contributed by atoms with Gasteiger partial charge in [-0.15, -0.1) is 5.10 Å². The molecule has 1 atom stereocenters. The van der Waals surface area contributed by atoms with Crippen molar-refractivity contribution in [2.45, 2.75) is 44.6 Å². The van der Waals surface area contributed by atoms with E-state index in [4.69, 9.17) is 0 Å². The number of nitrogens with one attached hydrogen (secondary N) is 1. The van der Waals surface area contributed by atoms with E-state index in [9.17, 15) is 0 Å². The molecule has 0 aliphatic carbocycles. The standard InChI is InChI=1S/C11H20N4/c1-11(6-4-3-5-7-12-11)8-10-9-15(2)14-13-10/h9,12H,3-8H2,1-2H3. The van der Waals surface area contributed by atoms with Crippen molar-refractivity contribution in [2.24, 2.45) is 7.05 Å². The van der Waals surface area contributed by atoms with Crippen LogP contribution in [0.3, 0.4) is 0 Å². The molecule has 1 aromatic rings. The smallest absolute Gasteiger partial charge is 0.0845 e. The lowest BCUT2D eigenvalue weighted by Crippen LogP contribution is -2.43. The minimum atomic E-state index is 0.215. The fourth-order valence-electron chi connectivity index (χ4n) is 2.32. The van der Waals surface area contributed by atoms with Crippen LogP contribution in [-0.2, 0) is 13.5 Å². The van der Waals surface area contributed by atoms with Crippen molar-refractivity contribution in [3.8, 4) is 0 Å². The summed E-state index contributed by atoms with van der Waals surface area (Å²) in [6.07, 6.45) is 8.21. The third-order valence-corrected chi connectivity index (χ3v) is 3.18. The lowest BCUT2D eigenvalue weighted by Gasteiger charge is -2.28. The van der Waals surface area contributed by atoms with E-state index in [1.54, 1.807) is 4.68 Å². The maximum absolute atomic E-state index is 4.16. The van der Waals surface area contributed by atoms with Gasteiger partial charge in [-0.3, -0.25) is 4.68 Å². The average molecular weight is 208 g/mol. The van der Waals surface area contributed by atoms with Crippen molar-refractivity contribution in [2.75, 3.05) is 6.54 Å². The average Bonchev–Trinajstić information content (AvgIpc) is 2.46. The first-order valence-corrected chi connectivity index (χ1v) is 5.78. The minimum absolute atomic E-state index is 0.215. The topological polar surface area (TPSA) is 42.7 Å². The van der Waals surface area contributed by atoms with E-state index in [1.807, 2.05) is 13.2 Å². The van der Waals surface area contributed by atoms with E-state index in [0.29, 0.717) is 0 Å². The zero-order valence-corrected chi connectivity index (χ0v) is 9.66. The van der Waals surface area contributed by atoms with Crippen molar-refractivity contribution in [1.82, 2.24) is 20.3 Å². The second-order valence-electron chi connectivity index (χ2n) is 4.86. The third kappa shape index (κ3) is 2.78. The Balaban J connectivity index is 2.02. The van der Waals surface area contributed by atoms with Crippen LogP contribution >= 0.6 is 0 Å². The normalized spacial score (nSPS) is 27.6. The lowest BCUT2D eigenvalue weighted by molar-refractivity contribution is 0.342. The number of rotatable bonds is 2. The Hall–Kier alpha value is -0.900. The summed E-state index contributed by atoms with van der Waals surface area (Å²) < 4.78 is 1.77. The van der Waals surface area contributed by atoms with Gasteiger partial charge < -0.3 is 5.32 Å². The summed E-state index contributed by atoms with van der Waals surface area (Å²) >= 11 is 0. The summed E-state index contributed by atoms with van der Waals surface area (Å²) in [5.41, 5.74) is 1.31. The molecule has 84 valence electrons. The Morgan fingerprint density at radius 1 is 1.47 bits per heavy atom. The van der Waals surface area contributed by atoms with Gasteiger partial charge in [0.1, 0.15) is 0 Å². The molecule has 2 rings (SSSR count). The van der Waals surface area contributed by atoms with Gasteiger partial charge >= 0.3 is 0 Å². The fraction of sp³-hybridized carbons (Fsp3) is 0.818. The highest BCUT2D eigenvalue weighted by atomic mass is 15.4. The molecule has 4 nitrogen and oxygen atoms in total. The maximum Gasteiger partial charge on any atom is 0.0845 e. The zero-order valence-electron chi connectivity index (χ0n) is 9.66. The van der Waals surface area contributed by atoms with Crippen LogP contribution in [-0.4, -0.2) is 27.1 Å². The van der Waals surface area contributed by atoms with Gasteiger partial charge in [0, 0.05) is 25.2 Å². The molecule has 2 heterocycles. The molecular weight excluding hydrogens is 188 g/mol. The molecule has 0 saturated carbocycles. The molecule has 1 unspecified atom stereocenters. The molecule has 0 spiro atoms. The molecule has 1 N–H and O–H groups in total. The Kier molecular flexibility index (Phi) is 3.05. The van der Waals surface area contributed by atoms with Gasteiger partial charge in [0.15, 0.2) is 0 Å². The lowest BCUT2D eigenvalue weighted by atomic mass is 9.91. The van der Waals surface area contributed by atoms with Crippen LogP contribution in [0.15, 0.2) is 6.20 Å². The van der Waals surface area contributed by atoms with Gasteiger partial charge in [-0.05, 0) is 26.3 Å². The molecule has 1 saturated heterocycles. The van der Waals surface area contributed by atoms with Crippen molar-refractivity contribution in [3.05, 3.63) is 11.9 Å². The van der Waals surface area contributed by atoms with Crippen LogP contribution in [0.1, 0.15) is 38.3 Å². The van der Waals surface area contributed by atoms with Crippen molar-refractivity contribution < 1.29 is 0 Å². The summed E-state index contributed by atoms with van der Waals surface area (Å²) in [6, 6.07) is 0. The summed E-state index contributed by atoms with van der Waals surface area (Å²) in [6.45, 7) is 3.43. The first kappa shape index (κ1) is 10.6. The molecule has 15 heavy (non-hydrogen) atoms. The van der Waals surface area contributed by atoms with Gasteiger partial charge in [-0.2, -0.15) is 0 Å². The van der Waals surface area contributed by atoms with Gasteiger partial charge in [0.2, 0.25) is 0 Å². The zero-order chi connectivity index (χ0) is 10.7. The molecule has 0 aromatic carbocycles. The quantitative estimate of drug-likeness (QED) is 0.796. The summed E-state index contributed by atoms with van der Waals surface area (Å²) in [5, 5.41) is 11.8. The van der Waals surface area contributed by atoms with Crippen LogP contribution in [0, 0.1) is 0 Å². The summed E-state index contributed by atoms with van der Waals surface area (Å²) in [7, 11) is 1.92. The number of nitrogens with zero attached hydrogens (tertiary/aromatic N) is 3. The van der Waals surface area contributed by atoms with Gasteiger partial charge in [0.25, 0.3) is 0 Å². The monoisotopic (exact) mass is 208 g/mol. The minimum Gasteiger partial charge on any atom is -0.311 e. The molecule has 0 radical (unpaired) electrons. The van der Waals surface area contributed by atoms with Crippen LogP contribution in [0.5, 0.6) is 0 Å². The fourth-order valence-corrected chi connectivity index (χ4v) is 2.32. The number of aromatic nitrogens is 3. The van der Waals surface area contributed by atoms with Crippen LogP contribution in [0.25, 0.3) is 0 Å². The SMILES string of the molecule is Cn1cc(CC2(C)CCCCCN2)nn1. The molecule has 0 amide bonds. The predicted octanol–water partition coefficient (Wildman–Crippen LogP) is 1.28. The molecule has 4 heteroatoms. The van der Waals surface area contributed by atoms with Crippen molar-refractivity contribution in [1.29, 1.82) is 0 Å².